The van der Waals surface area contributed by atoms with E-state index in [0.717, 1.165) is 28.6 Å². The molecule has 4 nitrogen and oxygen atoms in total. The number of allylic oxidation sites excluding steroid dienone is 2. The molecule has 0 radical (unpaired) electrons. The molecule has 1 aliphatic rings. The van der Waals surface area contributed by atoms with Gasteiger partial charge in [-0.1, -0.05) is 23.9 Å². The molecule has 0 fully saturated rings. The molecule has 0 saturated heterocycles. The van der Waals surface area contributed by atoms with Crippen LogP contribution in [0.4, 0.5) is 0 Å². The van der Waals surface area contributed by atoms with E-state index in [-0.39, 0.29) is 0 Å². The zero-order valence-electron chi connectivity index (χ0n) is 10.9. The Morgan fingerprint density at radius 2 is 2.15 bits per heavy atom. The number of aromatic amines is 1. The van der Waals surface area contributed by atoms with Gasteiger partial charge in [0.2, 0.25) is 0 Å². The van der Waals surface area contributed by atoms with Crippen molar-refractivity contribution in [3.8, 4) is 11.4 Å². The highest BCUT2D eigenvalue weighted by molar-refractivity contribution is 8.10. The Labute approximate surface area is 126 Å². The maximum atomic E-state index is 5.34. The summed E-state index contributed by atoms with van der Waals surface area (Å²) in [4.78, 5) is 1.11. The molecule has 20 heavy (non-hydrogen) atoms. The topological polar surface area (TPSA) is 42.8 Å². The van der Waals surface area contributed by atoms with Gasteiger partial charge in [-0.2, -0.15) is 5.10 Å². The van der Waals surface area contributed by atoms with E-state index in [0.29, 0.717) is 4.77 Å². The lowest BCUT2D eigenvalue weighted by Crippen LogP contribution is -2.00. The quantitative estimate of drug-likeness (QED) is 0.872. The molecular weight excluding hydrogens is 290 g/mol. The summed E-state index contributed by atoms with van der Waals surface area (Å²) in [6, 6.07) is 7.77. The zero-order chi connectivity index (χ0) is 13.9. The first-order valence-corrected chi connectivity index (χ1v) is 7.42. The summed E-state index contributed by atoms with van der Waals surface area (Å²) in [5.74, 6) is 1.66. The fourth-order valence-electron chi connectivity index (χ4n) is 1.98. The summed E-state index contributed by atoms with van der Waals surface area (Å²) in [6.07, 6.45) is 5.19. The Morgan fingerprint density at radius 1 is 1.35 bits per heavy atom. The molecule has 1 aliphatic heterocycles. The fourth-order valence-corrected chi connectivity index (χ4v) is 3.00. The molecule has 0 saturated carbocycles. The molecule has 0 atom stereocenters. The van der Waals surface area contributed by atoms with Crippen molar-refractivity contribution in [2.24, 2.45) is 0 Å². The Morgan fingerprint density at radius 3 is 2.80 bits per heavy atom. The van der Waals surface area contributed by atoms with E-state index < -0.39 is 0 Å². The summed E-state index contributed by atoms with van der Waals surface area (Å²) in [5, 5.41) is 9.29. The number of hydrogen-bond acceptors (Lipinski definition) is 4. The second kappa shape index (κ2) is 5.68. The van der Waals surface area contributed by atoms with Crippen molar-refractivity contribution in [3.63, 3.8) is 0 Å². The van der Waals surface area contributed by atoms with Crippen LogP contribution in [0.15, 0.2) is 41.8 Å². The molecule has 102 valence electrons. The van der Waals surface area contributed by atoms with Crippen molar-refractivity contribution in [1.29, 1.82) is 0 Å². The van der Waals surface area contributed by atoms with Gasteiger partial charge in [0, 0.05) is 0 Å². The van der Waals surface area contributed by atoms with Crippen molar-refractivity contribution in [2.75, 3.05) is 7.11 Å². The molecule has 0 aliphatic carbocycles. The van der Waals surface area contributed by atoms with E-state index in [9.17, 15) is 0 Å². The van der Waals surface area contributed by atoms with Gasteiger partial charge in [0.05, 0.1) is 17.7 Å². The van der Waals surface area contributed by atoms with Crippen molar-refractivity contribution in [1.82, 2.24) is 14.8 Å². The van der Waals surface area contributed by atoms with Crippen LogP contribution in [0.3, 0.4) is 0 Å². The normalized spacial score (nSPS) is 14.2. The maximum Gasteiger partial charge on any atom is 0.200 e. The number of methoxy groups -OCH3 is 1. The molecular formula is C14H13N3OS2. The van der Waals surface area contributed by atoms with Crippen LogP contribution < -0.4 is 4.74 Å². The van der Waals surface area contributed by atoms with Gasteiger partial charge in [-0.3, -0.25) is 9.67 Å². The standard InChI is InChI=1S/C14H13N3OS2/c1-18-11-7-5-10(6-8-11)17-13(15-16-14(17)19)12-4-2-3-9-20-12/h3-9H,2H2,1H3,(H,16,19). The van der Waals surface area contributed by atoms with Gasteiger partial charge in [-0.05, 0) is 48.3 Å². The SMILES string of the molecule is COc1ccc(-n2c(C3=CCC=CS3)n[nH]c2=S)cc1. The van der Waals surface area contributed by atoms with Gasteiger partial charge in [-0.15, -0.1) is 0 Å². The van der Waals surface area contributed by atoms with Crippen LogP contribution >= 0.6 is 24.0 Å². The number of aromatic nitrogens is 3. The second-order valence-corrected chi connectivity index (χ2v) is 5.51. The van der Waals surface area contributed by atoms with Crippen molar-refractivity contribution in [2.45, 2.75) is 6.42 Å². The highest BCUT2D eigenvalue weighted by Gasteiger charge is 2.14. The first-order valence-electron chi connectivity index (χ1n) is 6.13. The molecule has 1 N–H and O–H groups in total. The fraction of sp³-hybridized carbons (Fsp3) is 0.143. The Bertz CT molecular complexity index is 726. The Hall–Kier alpha value is -1.79. The number of H-pyrrole nitrogens is 1. The van der Waals surface area contributed by atoms with Crippen LogP contribution in [0.2, 0.25) is 0 Å². The monoisotopic (exact) mass is 303 g/mol. The number of hydrogen-bond donors (Lipinski definition) is 1. The van der Waals surface area contributed by atoms with Gasteiger partial charge in [0.25, 0.3) is 0 Å². The summed E-state index contributed by atoms with van der Waals surface area (Å²) < 4.78 is 7.70. The molecule has 0 amide bonds. The maximum absolute atomic E-state index is 5.34. The zero-order valence-corrected chi connectivity index (χ0v) is 12.5. The molecule has 2 heterocycles. The molecule has 0 unspecified atom stereocenters. The van der Waals surface area contributed by atoms with E-state index in [1.807, 2.05) is 28.8 Å². The highest BCUT2D eigenvalue weighted by atomic mass is 32.2. The largest absolute Gasteiger partial charge is 0.497 e. The number of thioether (sulfide) groups is 1. The van der Waals surface area contributed by atoms with E-state index >= 15 is 0 Å². The first-order chi connectivity index (χ1) is 9.79. The van der Waals surface area contributed by atoms with Gasteiger partial charge < -0.3 is 4.74 Å². The lowest BCUT2D eigenvalue weighted by molar-refractivity contribution is 0.414. The lowest BCUT2D eigenvalue weighted by Gasteiger charge is -2.10. The third kappa shape index (κ3) is 2.44. The third-order valence-corrected chi connectivity index (χ3v) is 4.16. The minimum Gasteiger partial charge on any atom is -0.497 e. The average molecular weight is 303 g/mol. The average Bonchev–Trinajstić information content (AvgIpc) is 2.90. The third-order valence-electron chi connectivity index (χ3n) is 2.95. The summed E-state index contributed by atoms with van der Waals surface area (Å²) in [7, 11) is 1.65. The molecule has 0 bridgehead atoms. The van der Waals surface area contributed by atoms with Gasteiger partial charge >= 0.3 is 0 Å². The first kappa shape index (κ1) is 13.2. The summed E-state index contributed by atoms with van der Waals surface area (Å²) >= 11 is 7.00. The number of nitrogens with one attached hydrogen (secondary N) is 1. The predicted octanol–water partition coefficient (Wildman–Crippen LogP) is 3.93. The van der Waals surface area contributed by atoms with Gasteiger partial charge in [-0.25, -0.2) is 0 Å². The van der Waals surface area contributed by atoms with Crippen LogP contribution in [0.1, 0.15) is 12.2 Å². The predicted molar refractivity (Wildman–Crippen MR) is 84.6 cm³/mol. The van der Waals surface area contributed by atoms with E-state index in [4.69, 9.17) is 17.0 Å². The Kier molecular flexibility index (Phi) is 3.75. The molecule has 1 aromatic carbocycles. The molecule has 1 aromatic heterocycles. The number of rotatable bonds is 3. The number of nitrogens with zero attached hydrogens (tertiary/aromatic N) is 2. The van der Waals surface area contributed by atoms with E-state index in [1.165, 1.54) is 0 Å². The van der Waals surface area contributed by atoms with Crippen LogP contribution in [0.25, 0.3) is 10.6 Å². The summed E-state index contributed by atoms with van der Waals surface area (Å²) in [5.41, 5.74) is 0.968. The Balaban J connectivity index is 2.06. The smallest absolute Gasteiger partial charge is 0.200 e. The lowest BCUT2D eigenvalue weighted by atomic mass is 10.3. The van der Waals surface area contributed by atoms with Crippen LogP contribution in [-0.4, -0.2) is 21.9 Å². The van der Waals surface area contributed by atoms with E-state index in [1.54, 1.807) is 18.9 Å². The molecule has 3 rings (SSSR count). The van der Waals surface area contributed by atoms with Gasteiger partial charge in [0.15, 0.2) is 10.6 Å². The van der Waals surface area contributed by atoms with Crippen molar-refractivity contribution in [3.05, 3.63) is 52.4 Å². The molecule has 2 aromatic rings. The molecule has 0 spiro atoms. The van der Waals surface area contributed by atoms with Crippen LogP contribution in [0, 0.1) is 4.77 Å². The van der Waals surface area contributed by atoms with Crippen LogP contribution in [-0.2, 0) is 0 Å². The highest BCUT2D eigenvalue weighted by Crippen LogP contribution is 2.32. The minimum absolute atomic E-state index is 0.584. The van der Waals surface area contributed by atoms with Crippen LogP contribution in [0.5, 0.6) is 5.75 Å². The van der Waals surface area contributed by atoms with Gasteiger partial charge in [0.1, 0.15) is 5.75 Å². The number of ether oxygens (including phenoxy) is 1. The molecule has 6 heteroatoms. The van der Waals surface area contributed by atoms with Crippen molar-refractivity contribution >= 4 is 28.9 Å². The van der Waals surface area contributed by atoms with Crippen molar-refractivity contribution < 1.29 is 4.74 Å². The second-order valence-electron chi connectivity index (χ2n) is 4.18. The minimum atomic E-state index is 0.584. The van der Waals surface area contributed by atoms with E-state index in [2.05, 4.69) is 27.8 Å². The number of benzene rings is 1. The summed E-state index contributed by atoms with van der Waals surface area (Å²) in [6.45, 7) is 0.